The second-order valence-electron chi connectivity index (χ2n) is 8.96. The molecule has 1 aromatic carbocycles. The number of nitrogens with one attached hydrogen (secondary N) is 2. The van der Waals surface area contributed by atoms with Gasteiger partial charge in [0.05, 0.1) is 17.8 Å². The second kappa shape index (κ2) is 10.1. The maximum Gasteiger partial charge on any atom is 0.250 e. The fraction of sp³-hybridized carbons (Fsp3) is 0.269. The van der Waals surface area contributed by atoms with Crippen molar-refractivity contribution in [3.05, 3.63) is 89.5 Å². The summed E-state index contributed by atoms with van der Waals surface area (Å²) in [5, 5.41) is 15.0. The number of aryl methyl sites for hydroxylation is 2. The Labute approximate surface area is 220 Å². The van der Waals surface area contributed by atoms with Crippen LogP contribution in [0, 0.1) is 20.8 Å². The minimum Gasteiger partial charge on any atom is -0.375 e. The monoisotopic (exact) mass is 516 g/mol. The number of carbonyl (C=O) groups is 1. The third kappa shape index (κ3) is 4.58. The summed E-state index contributed by atoms with van der Waals surface area (Å²) >= 11 is 5.89. The summed E-state index contributed by atoms with van der Waals surface area (Å²) in [6, 6.07) is 13.6. The maximum atomic E-state index is 12.1. The molecule has 5 rings (SSSR count). The van der Waals surface area contributed by atoms with Gasteiger partial charge in [0, 0.05) is 41.6 Å². The molecule has 1 amide bonds. The van der Waals surface area contributed by atoms with Crippen molar-refractivity contribution < 1.29 is 9.53 Å². The fourth-order valence-electron chi connectivity index (χ4n) is 4.94. The van der Waals surface area contributed by atoms with E-state index < -0.39 is 0 Å². The summed E-state index contributed by atoms with van der Waals surface area (Å²) < 4.78 is 8.87. The Morgan fingerprint density at radius 2 is 1.92 bits per heavy atom. The van der Waals surface area contributed by atoms with E-state index in [1.54, 1.807) is 18.9 Å². The van der Waals surface area contributed by atoms with Gasteiger partial charge in [-0.1, -0.05) is 6.07 Å². The first-order chi connectivity index (χ1) is 17.9. The predicted octanol–water partition coefficient (Wildman–Crippen LogP) is 3.47. The number of carbonyl (C=O) groups excluding carboxylic acids is 1. The molecule has 0 bridgehead atoms. The van der Waals surface area contributed by atoms with Gasteiger partial charge < -0.3 is 20.3 Å². The Morgan fingerprint density at radius 3 is 2.59 bits per heavy atom. The average Bonchev–Trinajstić information content (AvgIpc) is 3.59. The molecule has 0 spiro atoms. The molecule has 0 saturated carbocycles. The molecule has 0 aliphatic carbocycles. The third-order valence-corrected chi connectivity index (χ3v) is 6.84. The Hall–Kier alpha value is -4.09. The van der Waals surface area contributed by atoms with Crippen molar-refractivity contribution in [3.8, 4) is 0 Å². The molecule has 1 aliphatic rings. The van der Waals surface area contributed by atoms with Crippen molar-refractivity contribution in [1.82, 2.24) is 29.9 Å². The van der Waals surface area contributed by atoms with Crippen LogP contribution in [-0.2, 0) is 9.53 Å². The summed E-state index contributed by atoms with van der Waals surface area (Å²) in [5.74, 6) is -0.203. The van der Waals surface area contributed by atoms with Gasteiger partial charge in [0.25, 0.3) is 0 Å². The van der Waals surface area contributed by atoms with Gasteiger partial charge in [0.15, 0.2) is 5.11 Å². The van der Waals surface area contributed by atoms with E-state index >= 15 is 0 Å². The Balaban J connectivity index is 1.60. The smallest absolute Gasteiger partial charge is 0.250 e. The van der Waals surface area contributed by atoms with Crippen LogP contribution in [0.2, 0.25) is 0 Å². The third-order valence-electron chi connectivity index (χ3n) is 6.53. The first-order valence-electron chi connectivity index (χ1n) is 11.8. The largest absolute Gasteiger partial charge is 0.375 e. The van der Waals surface area contributed by atoms with Crippen LogP contribution in [-0.4, -0.2) is 49.3 Å². The van der Waals surface area contributed by atoms with Crippen molar-refractivity contribution in [2.24, 2.45) is 0 Å². The van der Waals surface area contributed by atoms with Crippen molar-refractivity contribution in [2.75, 3.05) is 23.9 Å². The molecule has 2 atom stereocenters. The lowest BCUT2D eigenvalue weighted by Gasteiger charge is -2.28. The minimum absolute atomic E-state index is 0.00277. The molecule has 1 aliphatic heterocycles. The number of pyridine rings is 1. The topological polar surface area (TPSA) is 102 Å². The summed E-state index contributed by atoms with van der Waals surface area (Å²) in [5.41, 5.74) is 6.64. The van der Waals surface area contributed by atoms with Crippen LogP contribution in [0.3, 0.4) is 0 Å². The molecule has 4 aromatic rings. The molecule has 11 heteroatoms. The van der Waals surface area contributed by atoms with Gasteiger partial charge in [0.1, 0.15) is 19.3 Å². The van der Waals surface area contributed by atoms with Crippen molar-refractivity contribution in [1.29, 1.82) is 0 Å². The Morgan fingerprint density at radius 1 is 1.14 bits per heavy atom. The molecule has 37 heavy (non-hydrogen) atoms. The van der Waals surface area contributed by atoms with Crippen molar-refractivity contribution >= 4 is 34.6 Å². The van der Waals surface area contributed by atoms with Gasteiger partial charge in [-0.05, 0) is 75.0 Å². The van der Waals surface area contributed by atoms with Crippen molar-refractivity contribution in [3.63, 3.8) is 0 Å². The lowest BCUT2D eigenvalue weighted by atomic mass is 9.96. The number of anilines is 2. The predicted molar refractivity (Wildman–Crippen MR) is 144 cm³/mol. The van der Waals surface area contributed by atoms with Gasteiger partial charge in [-0.2, -0.15) is 0 Å². The molecule has 3 aromatic heterocycles. The molecular weight excluding hydrogens is 488 g/mol. The molecule has 0 radical (unpaired) electrons. The summed E-state index contributed by atoms with van der Waals surface area (Å²) in [6.45, 7) is 6.09. The number of hydrogen-bond acceptors (Lipinski definition) is 6. The standard InChI is InChI=1S/C26H28N8O2S/c1-16-11-19(8-9-21(16)30-23(35)13-36-4)33-25(24(31-26(33)37)22-7-5-6-10-27-22)20-12-17(2)34(18(20)3)32-14-28-29-15-32/h5-12,14-15,24-25H,13H2,1-4H3,(H,30,35)(H,31,37)/t24-,25-/m0/s1. The van der Waals surface area contributed by atoms with E-state index in [4.69, 9.17) is 17.0 Å². The highest BCUT2D eigenvalue weighted by atomic mass is 32.1. The van der Waals surface area contributed by atoms with Crippen LogP contribution >= 0.6 is 12.2 Å². The highest BCUT2D eigenvalue weighted by molar-refractivity contribution is 7.80. The number of rotatable bonds is 7. The Kier molecular flexibility index (Phi) is 6.72. The van der Waals surface area contributed by atoms with Gasteiger partial charge in [-0.25, -0.2) is 4.68 Å². The van der Waals surface area contributed by atoms with E-state index in [-0.39, 0.29) is 24.6 Å². The molecule has 0 unspecified atom stereocenters. The first kappa shape index (κ1) is 24.6. The summed E-state index contributed by atoms with van der Waals surface area (Å²) in [7, 11) is 1.50. The van der Waals surface area contributed by atoms with E-state index in [2.05, 4.69) is 55.3 Å². The van der Waals surface area contributed by atoms with Gasteiger partial charge in [-0.15, -0.1) is 10.2 Å². The molecule has 4 heterocycles. The lowest BCUT2D eigenvalue weighted by molar-refractivity contribution is -0.119. The minimum atomic E-state index is -0.203. The Bertz CT molecular complexity index is 1430. The zero-order valence-corrected chi connectivity index (χ0v) is 21.9. The van der Waals surface area contributed by atoms with Crippen LogP contribution in [0.25, 0.3) is 0 Å². The number of aromatic nitrogens is 5. The van der Waals surface area contributed by atoms with E-state index in [9.17, 15) is 4.79 Å². The molecule has 2 N–H and O–H groups in total. The zero-order valence-electron chi connectivity index (χ0n) is 21.0. The number of thiocarbonyl (C=S) groups is 1. The van der Waals surface area contributed by atoms with E-state index in [0.717, 1.165) is 39.6 Å². The summed E-state index contributed by atoms with van der Waals surface area (Å²) in [4.78, 5) is 18.8. The number of amides is 1. The van der Waals surface area contributed by atoms with Crippen LogP contribution in [0.5, 0.6) is 0 Å². The molecular formula is C26H28N8O2S. The number of methoxy groups -OCH3 is 1. The highest BCUT2D eigenvalue weighted by Crippen LogP contribution is 2.43. The SMILES string of the molecule is COCC(=O)Nc1ccc(N2C(=S)N[C@@H](c3ccccn3)[C@@H]2c2cc(C)n(-n3cnnc3)c2C)cc1C. The normalized spacial score (nSPS) is 17.2. The van der Waals surface area contributed by atoms with Crippen LogP contribution in [0.4, 0.5) is 11.4 Å². The van der Waals surface area contributed by atoms with Crippen molar-refractivity contribution in [2.45, 2.75) is 32.9 Å². The number of ether oxygens (including phenoxy) is 1. The zero-order chi connectivity index (χ0) is 26.1. The number of benzene rings is 1. The average molecular weight is 517 g/mol. The van der Waals surface area contributed by atoms with E-state index in [1.807, 2.05) is 48.0 Å². The van der Waals surface area contributed by atoms with Crippen LogP contribution in [0.1, 0.15) is 40.3 Å². The van der Waals surface area contributed by atoms with Crippen LogP contribution in [0.15, 0.2) is 61.3 Å². The maximum absolute atomic E-state index is 12.1. The molecule has 190 valence electrons. The quantitative estimate of drug-likeness (QED) is 0.360. The number of nitrogens with zero attached hydrogens (tertiary/aromatic N) is 6. The van der Waals surface area contributed by atoms with E-state index in [1.165, 1.54) is 7.11 Å². The molecule has 1 saturated heterocycles. The second-order valence-corrected chi connectivity index (χ2v) is 9.34. The van der Waals surface area contributed by atoms with Gasteiger partial charge in [-0.3, -0.25) is 14.5 Å². The molecule has 10 nitrogen and oxygen atoms in total. The molecule has 1 fully saturated rings. The van der Waals surface area contributed by atoms with Crippen LogP contribution < -0.4 is 15.5 Å². The van der Waals surface area contributed by atoms with Gasteiger partial charge in [0.2, 0.25) is 5.91 Å². The van der Waals surface area contributed by atoms with E-state index in [0.29, 0.717) is 5.11 Å². The number of hydrogen-bond donors (Lipinski definition) is 2. The first-order valence-corrected chi connectivity index (χ1v) is 12.2. The summed E-state index contributed by atoms with van der Waals surface area (Å²) in [6.07, 6.45) is 5.15. The fourth-order valence-corrected chi connectivity index (χ4v) is 5.28. The van der Waals surface area contributed by atoms with Gasteiger partial charge >= 0.3 is 0 Å². The lowest BCUT2D eigenvalue weighted by Crippen LogP contribution is -2.29. The highest BCUT2D eigenvalue weighted by Gasteiger charge is 2.42.